The molecule has 0 heterocycles. The number of nitro benzene ring substituents is 1. The van der Waals surface area contributed by atoms with Gasteiger partial charge in [0, 0.05) is 11.6 Å². The number of nitro groups is 1. The van der Waals surface area contributed by atoms with E-state index in [0.717, 1.165) is 6.07 Å². The highest BCUT2D eigenvalue weighted by atomic mass is 16.6. The minimum absolute atomic E-state index is 0.0450. The predicted octanol–water partition coefficient (Wildman–Crippen LogP) is 2.20. The average molecular weight is 233 g/mol. The van der Waals surface area contributed by atoms with Crippen molar-refractivity contribution in [1.82, 2.24) is 0 Å². The van der Waals surface area contributed by atoms with Gasteiger partial charge in [-0.2, -0.15) is 0 Å². The highest BCUT2D eigenvalue weighted by molar-refractivity contribution is 5.77. The van der Waals surface area contributed by atoms with Gasteiger partial charge in [-0.25, -0.2) is 0 Å². The summed E-state index contributed by atoms with van der Waals surface area (Å²) in [5.74, 6) is 2.42. The fourth-order valence-electron chi connectivity index (χ4n) is 1.14. The Labute approximate surface area is 98.5 Å². The maximum Gasteiger partial charge on any atom is 0.311 e. The summed E-state index contributed by atoms with van der Waals surface area (Å²) in [4.78, 5) is 20.7. The molecule has 0 atom stereocenters. The number of aldehydes is 1. The normalized spacial score (nSPS) is 10.4. The van der Waals surface area contributed by atoms with Crippen molar-refractivity contribution in [3.8, 4) is 18.1 Å². The third kappa shape index (κ3) is 3.05. The van der Waals surface area contributed by atoms with Crippen molar-refractivity contribution in [1.29, 1.82) is 0 Å². The number of carbonyl (C=O) groups excluding carboxylic acids is 1. The SMILES string of the molecule is C#CC(C)(C)Oc1ccc(C=O)cc1[N+](=O)[O-]. The molecule has 0 spiro atoms. The minimum Gasteiger partial charge on any atom is -0.468 e. The summed E-state index contributed by atoms with van der Waals surface area (Å²) in [7, 11) is 0. The van der Waals surface area contributed by atoms with Gasteiger partial charge in [0.2, 0.25) is 0 Å². The van der Waals surface area contributed by atoms with Gasteiger partial charge in [-0.1, -0.05) is 5.92 Å². The average Bonchev–Trinajstić information content (AvgIpc) is 2.29. The molecule has 1 aromatic rings. The lowest BCUT2D eigenvalue weighted by Gasteiger charge is -2.19. The Balaban J connectivity index is 3.21. The molecule has 0 fully saturated rings. The molecule has 0 aliphatic carbocycles. The largest absolute Gasteiger partial charge is 0.468 e. The molecule has 5 nitrogen and oxygen atoms in total. The summed E-state index contributed by atoms with van der Waals surface area (Å²) in [6.07, 6.45) is 5.77. The molecule has 88 valence electrons. The number of benzene rings is 1. The summed E-state index contributed by atoms with van der Waals surface area (Å²) in [5, 5.41) is 10.8. The third-order valence-electron chi connectivity index (χ3n) is 2.03. The highest BCUT2D eigenvalue weighted by Gasteiger charge is 2.23. The Bertz CT molecular complexity index is 500. The van der Waals surface area contributed by atoms with Gasteiger partial charge in [0.15, 0.2) is 11.4 Å². The Hall–Kier alpha value is -2.35. The van der Waals surface area contributed by atoms with E-state index in [9.17, 15) is 14.9 Å². The fourth-order valence-corrected chi connectivity index (χ4v) is 1.14. The second-order valence-electron chi connectivity index (χ2n) is 3.86. The lowest BCUT2D eigenvalue weighted by Crippen LogP contribution is -2.25. The van der Waals surface area contributed by atoms with E-state index in [-0.39, 0.29) is 17.0 Å². The molecule has 0 aliphatic heterocycles. The molecular weight excluding hydrogens is 222 g/mol. The van der Waals surface area contributed by atoms with Gasteiger partial charge >= 0.3 is 5.69 Å². The molecule has 0 amide bonds. The zero-order valence-corrected chi connectivity index (χ0v) is 9.47. The standard InChI is InChI=1S/C12H11NO4/c1-4-12(2,3)17-11-6-5-9(8-14)7-10(11)13(15)16/h1,5-8H,2-3H3. The number of carbonyl (C=O) groups is 1. The van der Waals surface area contributed by atoms with Gasteiger partial charge in [0.1, 0.15) is 6.29 Å². The molecule has 1 aromatic carbocycles. The topological polar surface area (TPSA) is 69.4 Å². The summed E-state index contributed by atoms with van der Waals surface area (Å²) in [5.41, 5.74) is -1.02. The van der Waals surface area contributed by atoms with Crippen LogP contribution in [-0.4, -0.2) is 16.8 Å². The van der Waals surface area contributed by atoms with Crippen molar-refractivity contribution in [2.45, 2.75) is 19.4 Å². The van der Waals surface area contributed by atoms with Gasteiger partial charge < -0.3 is 4.74 Å². The summed E-state index contributed by atoms with van der Waals surface area (Å²) < 4.78 is 5.35. The van der Waals surface area contributed by atoms with E-state index in [4.69, 9.17) is 11.2 Å². The zero-order chi connectivity index (χ0) is 13.1. The maximum absolute atomic E-state index is 10.8. The quantitative estimate of drug-likeness (QED) is 0.346. The molecule has 0 bridgehead atoms. The van der Waals surface area contributed by atoms with Crippen LogP contribution >= 0.6 is 0 Å². The predicted molar refractivity (Wildman–Crippen MR) is 62.0 cm³/mol. The van der Waals surface area contributed by atoms with Crippen molar-refractivity contribution < 1.29 is 14.5 Å². The smallest absolute Gasteiger partial charge is 0.311 e. The number of ether oxygens (including phenoxy) is 1. The second kappa shape index (κ2) is 4.66. The second-order valence-corrected chi connectivity index (χ2v) is 3.86. The number of rotatable bonds is 4. The van der Waals surface area contributed by atoms with Crippen LogP contribution in [0.5, 0.6) is 5.75 Å². The monoisotopic (exact) mass is 233 g/mol. The molecule has 0 saturated heterocycles. The number of terminal acetylenes is 1. The molecule has 0 saturated carbocycles. The minimum atomic E-state index is -0.951. The molecule has 17 heavy (non-hydrogen) atoms. The van der Waals surface area contributed by atoms with E-state index in [2.05, 4.69) is 5.92 Å². The molecule has 0 unspecified atom stereocenters. The lowest BCUT2D eigenvalue weighted by atomic mass is 10.1. The first kappa shape index (κ1) is 12.7. The van der Waals surface area contributed by atoms with E-state index in [1.807, 2.05) is 0 Å². The molecule has 0 aromatic heterocycles. The molecule has 1 rings (SSSR count). The van der Waals surface area contributed by atoms with Crippen molar-refractivity contribution >= 4 is 12.0 Å². The van der Waals surface area contributed by atoms with E-state index in [1.165, 1.54) is 12.1 Å². The van der Waals surface area contributed by atoms with Gasteiger partial charge in [-0.3, -0.25) is 14.9 Å². The Morgan fingerprint density at radius 3 is 2.65 bits per heavy atom. The van der Waals surface area contributed by atoms with E-state index >= 15 is 0 Å². The van der Waals surface area contributed by atoms with Crippen molar-refractivity contribution in [3.05, 3.63) is 33.9 Å². The maximum atomic E-state index is 10.8. The van der Waals surface area contributed by atoms with Crippen LogP contribution in [0.15, 0.2) is 18.2 Å². The van der Waals surface area contributed by atoms with Gasteiger partial charge in [-0.15, -0.1) is 6.42 Å². The summed E-state index contributed by atoms with van der Waals surface area (Å²) in [6.45, 7) is 3.23. The third-order valence-corrected chi connectivity index (χ3v) is 2.03. The van der Waals surface area contributed by atoms with Crippen LogP contribution in [0, 0.1) is 22.5 Å². The summed E-state index contributed by atoms with van der Waals surface area (Å²) in [6, 6.07) is 3.94. The zero-order valence-electron chi connectivity index (χ0n) is 9.47. The number of hydrogen-bond donors (Lipinski definition) is 0. The fraction of sp³-hybridized carbons (Fsp3) is 0.250. The Morgan fingerprint density at radius 2 is 2.18 bits per heavy atom. The van der Waals surface area contributed by atoms with Crippen LogP contribution in [-0.2, 0) is 0 Å². The first-order chi connectivity index (χ1) is 7.89. The van der Waals surface area contributed by atoms with Crippen LogP contribution < -0.4 is 4.74 Å². The van der Waals surface area contributed by atoms with Crippen LogP contribution in [0.3, 0.4) is 0 Å². The first-order valence-corrected chi connectivity index (χ1v) is 4.80. The van der Waals surface area contributed by atoms with E-state index in [0.29, 0.717) is 6.29 Å². The summed E-state index contributed by atoms with van der Waals surface area (Å²) >= 11 is 0. The Kier molecular flexibility index (Phi) is 3.49. The van der Waals surface area contributed by atoms with Crippen molar-refractivity contribution in [2.75, 3.05) is 0 Å². The molecule has 0 N–H and O–H groups in total. The first-order valence-electron chi connectivity index (χ1n) is 4.80. The highest BCUT2D eigenvalue weighted by Crippen LogP contribution is 2.30. The molecular formula is C12H11NO4. The van der Waals surface area contributed by atoms with Crippen LogP contribution in [0.2, 0.25) is 0 Å². The Morgan fingerprint density at radius 1 is 1.53 bits per heavy atom. The van der Waals surface area contributed by atoms with Gasteiger partial charge in [0.25, 0.3) is 0 Å². The molecule has 5 heteroatoms. The van der Waals surface area contributed by atoms with Crippen LogP contribution in [0.1, 0.15) is 24.2 Å². The van der Waals surface area contributed by atoms with E-state index in [1.54, 1.807) is 13.8 Å². The van der Waals surface area contributed by atoms with Gasteiger partial charge in [0.05, 0.1) is 4.92 Å². The van der Waals surface area contributed by atoms with Gasteiger partial charge in [-0.05, 0) is 26.0 Å². The van der Waals surface area contributed by atoms with Crippen molar-refractivity contribution in [2.24, 2.45) is 0 Å². The molecule has 0 aliphatic rings. The van der Waals surface area contributed by atoms with Crippen molar-refractivity contribution in [3.63, 3.8) is 0 Å². The molecule has 0 radical (unpaired) electrons. The number of hydrogen-bond acceptors (Lipinski definition) is 4. The van der Waals surface area contributed by atoms with Crippen LogP contribution in [0.4, 0.5) is 5.69 Å². The number of nitrogens with zero attached hydrogens (tertiary/aromatic N) is 1. The lowest BCUT2D eigenvalue weighted by molar-refractivity contribution is -0.386. The van der Waals surface area contributed by atoms with E-state index < -0.39 is 10.5 Å². The van der Waals surface area contributed by atoms with Crippen LogP contribution in [0.25, 0.3) is 0 Å².